The van der Waals surface area contributed by atoms with Gasteiger partial charge in [-0.3, -0.25) is 4.90 Å². The molecule has 1 aliphatic heterocycles. The maximum Gasteiger partial charge on any atom is 0.408 e. The normalized spacial score (nSPS) is 17.6. The molecule has 20 heavy (non-hydrogen) atoms. The number of rotatable bonds is 1. The van der Waals surface area contributed by atoms with Crippen molar-refractivity contribution < 1.29 is 14.3 Å². The molecular weight excluding hydrogens is 257 g/mol. The van der Waals surface area contributed by atoms with Crippen molar-refractivity contribution in [1.29, 1.82) is 0 Å². The summed E-state index contributed by atoms with van der Waals surface area (Å²) >= 11 is 0. The molecule has 0 bridgehead atoms. The predicted molar refractivity (Wildman–Crippen MR) is 73.1 cm³/mol. The molecule has 2 aromatic carbocycles. The molecule has 0 aliphatic carbocycles. The lowest BCUT2D eigenvalue weighted by molar-refractivity contribution is 0.129. The zero-order valence-corrected chi connectivity index (χ0v) is 10.8. The molecule has 0 saturated heterocycles. The van der Waals surface area contributed by atoms with Gasteiger partial charge < -0.3 is 5.11 Å². The van der Waals surface area contributed by atoms with Crippen molar-refractivity contribution in [3.05, 3.63) is 71.0 Å². The van der Waals surface area contributed by atoms with E-state index in [1.807, 2.05) is 24.3 Å². The molecule has 3 nitrogen and oxygen atoms in total. The van der Waals surface area contributed by atoms with Crippen molar-refractivity contribution in [2.24, 2.45) is 0 Å². The SMILES string of the molecule is O=C(O)N1CCc2ccccc2[C@H]1c1ccc(F)cc1. The Balaban J connectivity index is 2.11. The van der Waals surface area contributed by atoms with Gasteiger partial charge in [0, 0.05) is 6.54 Å². The second kappa shape index (κ2) is 4.96. The van der Waals surface area contributed by atoms with Gasteiger partial charge in [0.2, 0.25) is 0 Å². The number of carbonyl (C=O) groups is 1. The van der Waals surface area contributed by atoms with Gasteiger partial charge in [-0.25, -0.2) is 9.18 Å². The molecule has 1 N–H and O–H groups in total. The van der Waals surface area contributed by atoms with Gasteiger partial charge in [0.25, 0.3) is 0 Å². The van der Waals surface area contributed by atoms with E-state index in [1.54, 1.807) is 12.1 Å². The fourth-order valence-corrected chi connectivity index (χ4v) is 2.78. The molecule has 102 valence electrons. The van der Waals surface area contributed by atoms with Crippen LogP contribution < -0.4 is 0 Å². The largest absolute Gasteiger partial charge is 0.465 e. The number of nitrogens with zero attached hydrogens (tertiary/aromatic N) is 1. The number of benzene rings is 2. The number of carboxylic acid groups (broad SMARTS) is 1. The van der Waals surface area contributed by atoms with Gasteiger partial charge in [-0.15, -0.1) is 0 Å². The highest BCUT2D eigenvalue weighted by Gasteiger charge is 2.31. The highest BCUT2D eigenvalue weighted by Crippen LogP contribution is 2.35. The molecule has 0 unspecified atom stereocenters. The van der Waals surface area contributed by atoms with Crippen LogP contribution >= 0.6 is 0 Å². The quantitative estimate of drug-likeness (QED) is 0.863. The molecule has 1 heterocycles. The van der Waals surface area contributed by atoms with Gasteiger partial charge in [-0.1, -0.05) is 36.4 Å². The molecular formula is C16H14FNO2. The Kier molecular flexibility index (Phi) is 3.14. The van der Waals surface area contributed by atoms with E-state index >= 15 is 0 Å². The minimum absolute atomic E-state index is 0.320. The van der Waals surface area contributed by atoms with Crippen LogP contribution in [0.4, 0.5) is 9.18 Å². The summed E-state index contributed by atoms with van der Waals surface area (Å²) < 4.78 is 13.1. The molecule has 3 rings (SSSR count). The minimum Gasteiger partial charge on any atom is -0.465 e. The maximum absolute atomic E-state index is 13.1. The fraction of sp³-hybridized carbons (Fsp3) is 0.188. The third-order valence-electron chi connectivity index (χ3n) is 3.71. The zero-order chi connectivity index (χ0) is 14.1. The molecule has 1 aliphatic rings. The van der Waals surface area contributed by atoms with Crippen molar-refractivity contribution in [2.45, 2.75) is 12.5 Å². The molecule has 0 spiro atoms. The molecule has 0 fully saturated rings. The van der Waals surface area contributed by atoms with Crippen LogP contribution in [0.2, 0.25) is 0 Å². The molecule has 0 aromatic heterocycles. The Labute approximate surface area is 116 Å². The summed E-state index contributed by atoms with van der Waals surface area (Å²) in [6.07, 6.45) is -0.242. The molecule has 4 heteroatoms. The Morgan fingerprint density at radius 1 is 1.15 bits per heavy atom. The van der Waals surface area contributed by atoms with Crippen LogP contribution in [-0.2, 0) is 6.42 Å². The highest BCUT2D eigenvalue weighted by molar-refractivity contribution is 5.67. The summed E-state index contributed by atoms with van der Waals surface area (Å²) in [6, 6.07) is 13.5. The van der Waals surface area contributed by atoms with Crippen molar-refractivity contribution in [2.75, 3.05) is 6.54 Å². The number of amides is 1. The lowest BCUT2D eigenvalue weighted by atomic mass is 9.88. The first-order valence-corrected chi connectivity index (χ1v) is 6.49. The molecule has 2 aromatic rings. The van der Waals surface area contributed by atoms with E-state index in [9.17, 15) is 14.3 Å². The van der Waals surface area contributed by atoms with E-state index in [4.69, 9.17) is 0 Å². The summed E-state index contributed by atoms with van der Waals surface area (Å²) in [4.78, 5) is 12.9. The Morgan fingerprint density at radius 3 is 2.55 bits per heavy atom. The van der Waals surface area contributed by atoms with Crippen molar-refractivity contribution in [3.63, 3.8) is 0 Å². The average Bonchev–Trinajstić information content (AvgIpc) is 2.47. The van der Waals surface area contributed by atoms with Crippen molar-refractivity contribution in [1.82, 2.24) is 4.90 Å². The predicted octanol–water partition coefficient (Wildman–Crippen LogP) is 3.45. The fourth-order valence-electron chi connectivity index (χ4n) is 2.78. The van der Waals surface area contributed by atoms with Crippen LogP contribution in [0.15, 0.2) is 48.5 Å². The van der Waals surface area contributed by atoms with Gasteiger partial charge in [0.05, 0.1) is 6.04 Å². The Morgan fingerprint density at radius 2 is 1.85 bits per heavy atom. The number of fused-ring (bicyclic) bond motifs is 1. The topological polar surface area (TPSA) is 40.5 Å². The van der Waals surface area contributed by atoms with Crippen LogP contribution in [0.5, 0.6) is 0 Å². The lowest BCUT2D eigenvalue weighted by Crippen LogP contribution is -2.39. The van der Waals surface area contributed by atoms with E-state index in [2.05, 4.69) is 0 Å². The standard InChI is InChI=1S/C16H14FNO2/c17-13-7-5-12(6-8-13)15-14-4-2-1-3-11(14)9-10-18(15)16(19)20/h1-8,15H,9-10H2,(H,19,20)/t15-/m1/s1. The summed E-state index contributed by atoms with van der Waals surface area (Å²) in [5, 5.41) is 9.40. The number of hydrogen-bond acceptors (Lipinski definition) is 1. The van der Waals surface area contributed by atoms with Gasteiger partial charge in [-0.05, 0) is 35.2 Å². The van der Waals surface area contributed by atoms with E-state index in [-0.39, 0.29) is 11.9 Å². The second-order valence-corrected chi connectivity index (χ2v) is 4.88. The second-order valence-electron chi connectivity index (χ2n) is 4.88. The van der Waals surface area contributed by atoms with Crippen molar-refractivity contribution in [3.8, 4) is 0 Å². The number of halogens is 1. The Hall–Kier alpha value is -2.36. The maximum atomic E-state index is 13.1. The smallest absolute Gasteiger partial charge is 0.408 e. The number of hydrogen-bond donors (Lipinski definition) is 1. The summed E-state index contributed by atoms with van der Waals surface area (Å²) in [5.74, 6) is -0.320. The van der Waals surface area contributed by atoms with Gasteiger partial charge in [0.15, 0.2) is 0 Å². The van der Waals surface area contributed by atoms with E-state index in [0.717, 1.165) is 16.7 Å². The average molecular weight is 271 g/mol. The van der Waals surface area contributed by atoms with Crippen LogP contribution in [0.25, 0.3) is 0 Å². The van der Waals surface area contributed by atoms with E-state index in [1.165, 1.54) is 17.0 Å². The zero-order valence-electron chi connectivity index (χ0n) is 10.8. The first-order valence-electron chi connectivity index (χ1n) is 6.49. The van der Waals surface area contributed by atoms with Crippen LogP contribution in [0.3, 0.4) is 0 Å². The molecule has 0 radical (unpaired) electrons. The minimum atomic E-state index is -0.950. The third-order valence-corrected chi connectivity index (χ3v) is 3.71. The first kappa shape index (κ1) is 12.7. The third kappa shape index (κ3) is 2.13. The van der Waals surface area contributed by atoms with Crippen molar-refractivity contribution >= 4 is 6.09 Å². The molecule has 1 amide bonds. The van der Waals surface area contributed by atoms with Crippen LogP contribution in [0.1, 0.15) is 22.7 Å². The van der Waals surface area contributed by atoms with Gasteiger partial charge in [0.1, 0.15) is 5.82 Å². The summed E-state index contributed by atoms with van der Waals surface area (Å²) in [7, 11) is 0. The van der Waals surface area contributed by atoms with Gasteiger partial charge >= 0.3 is 6.09 Å². The Bertz CT molecular complexity index is 639. The summed E-state index contributed by atoms with van der Waals surface area (Å²) in [6.45, 7) is 0.453. The monoisotopic (exact) mass is 271 g/mol. The highest BCUT2D eigenvalue weighted by atomic mass is 19.1. The van der Waals surface area contributed by atoms with Crippen LogP contribution in [-0.4, -0.2) is 22.6 Å². The molecule has 0 saturated carbocycles. The van der Waals surface area contributed by atoms with Crippen LogP contribution in [0, 0.1) is 5.82 Å². The van der Waals surface area contributed by atoms with E-state index < -0.39 is 6.09 Å². The lowest BCUT2D eigenvalue weighted by Gasteiger charge is -2.35. The summed E-state index contributed by atoms with van der Waals surface area (Å²) in [5.41, 5.74) is 2.92. The molecule has 1 atom stereocenters. The van der Waals surface area contributed by atoms with E-state index in [0.29, 0.717) is 13.0 Å². The van der Waals surface area contributed by atoms with Gasteiger partial charge in [-0.2, -0.15) is 0 Å². The first-order chi connectivity index (χ1) is 9.66.